The lowest BCUT2D eigenvalue weighted by atomic mass is 9.81. The van der Waals surface area contributed by atoms with Gasteiger partial charge in [-0.1, -0.05) is 88.6 Å². The Hall–Kier alpha value is -5.51. The summed E-state index contributed by atoms with van der Waals surface area (Å²) in [6.07, 6.45) is -0.597. The fourth-order valence-corrected chi connectivity index (χ4v) is 5.38. The van der Waals surface area contributed by atoms with E-state index in [-0.39, 0.29) is 31.2 Å². The quantitative estimate of drug-likeness (QED) is 0.0658. The molecule has 0 saturated carbocycles. The standard InChI is InChI=1S/C33H29ClN8O4/c34-27-11-4-1-9-24(27)21-37-32(44)33(20-23-8-2-5-12-28(23)39-41-35)30(26-10-3-6-13-29(26)40-42-36)46-31(38-33)22-14-16-25(17-15-22)45-19-7-18-43/h1-6,8-17,30,43H,7,18-21H2,(H,37,44)/t30-,33-/m1/s1. The molecule has 4 aromatic carbocycles. The molecule has 2 atom stereocenters. The van der Waals surface area contributed by atoms with E-state index in [1.165, 1.54) is 0 Å². The minimum atomic E-state index is -1.66. The minimum absolute atomic E-state index is 0.0187. The summed E-state index contributed by atoms with van der Waals surface area (Å²) in [4.78, 5) is 25.5. The molecule has 1 aliphatic rings. The van der Waals surface area contributed by atoms with Crippen LogP contribution in [0.2, 0.25) is 5.02 Å². The van der Waals surface area contributed by atoms with Gasteiger partial charge in [-0.05, 0) is 52.5 Å². The number of halogens is 1. The topological polar surface area (TPSA) is 178 Å². The molecule has 12 nitrogen and oxygen atoms in total. The number of aliphatic hydroxyl groups excluding tert-OH is 1. The molecule has 4 aromatic rings. The Morgan fingerprint density at radius 2 is 1.59 bits per heavy atom. The van der Waals surface area contributed by atoms with E-state index >= 15 is 0 Å². The zero-order valence-corrected chi connectivity index (χ0v) is 25.3. The Morgan fingerprint density at radius 3 is 2.30 bits per heavy atom. The lowest BCUT2D eigenvalue weighted by Crippen LogP contribution is -2.49. The Balaban J connectivity index is 1.65. The highest BCUT2D eigenvalue weighted by Crippen LogP contribution is 2.46. The zero-order chi connectivity index (χ0) is 32.4. The van der Waals surface area contributed by atoms with Gasteiger partial charge in [0, 0.05) is 63.3 Å². The first-order chi connectivity index (χ1) is 22.5. The molecular formula is C33H29ClN8O4. The van der Waals surface area contributed by atoms with Gasteiger partial charge in [-0.2, -0.15) is 0 Å². The van der Waals surface area contributed by atoms with Crippen molar-refractivity contribution in [2.24, 2.45) is 15.2 Å². The van der Waals surface area contributed by atoms with Gasteiger partial charge in [0.15, 0.2) is 11.6 Å². The van der Waals surface area contributed by atoms with Crippen molar-refractivity contribution >= 4 is 34.8 Å². The maximum absolute atomic E-state index is 14.6. The molecule has 0 unspecified atom stereocenters. The summed E-state index contributed by atoms with van der Waals surface area (Å²) in [5, 5.41) is 20.3. The molecular weight excluding hydrogens is 608 g/mol. The van der Waals surface area contributed by atoms with Crippen molar-refractivity contribution in [2.45, 2.75) is 31.0 Å². The predicted molar refractivity (Wildman–Crippen MR) is 174 cm³/mol. The van der Waals surface area contributed by atoms with Crippen LogP contribution >= 0.6 is 11.6 Å². The Bertz CT molecular complexity index is 1840. The molecule has 46 heavy (non-hydrogen) atoms. The van der Waals surface area contributed by atoms with Gasteiger partial charge in [0.05, 0.1) is 6.61 Å². The lowest BCUT2D eigenvalue weighted by Gasteiger charge is -2.32. The van der Waals surface area contributed by atoms with Gasteiger partial charge in [-0.3, -0.25) is 4.79 Å². The molecule has 1 amide bonds. The van der Waals surface area contributed by atoms with E-state index in [1.54, 1.807) is 84.9 Å². The van der Waals surface area contributed by atoms with Crippen LogP contribution in [-0.2, 0) is 22.5 Å². The molecule has 1 aliphatic heterocycles. The summed E-state index contributed by atoms with van der Waals surface area (Å²) in [5.74, 6) is 0.285. The molecule has 232 valence electrons. The highest BCUT2D eigenvalue weighted by atomic mass is 35.5. The van der Waals surface area contributed by atoms with E-state index in [0.29, 0.717) is 51.7 Å². The normalized spacial score (nSPS) is 16.7. The molecule has 0 bridgehead atoms. The molecule has 0 saturated heterocycles. The highest BCUT2D eigenvalue weighted by molar-refractivity contribution is 6.31. The second-order valence-corrected chi connectivity index (χ2v) is 10.7. The summed E-state index contributed by atoms with van der Waals surface area (Å²) in [7, 11) is 0. The van der Waals surface area contributed by atoms with Crippen molar-refractivity contribution in [3.63, 3.8) is 0 Å². The first-order valence-electron chi connectivity index (χ1n) is 14.4. The number of hydrogen-bond acceptors (Lipinski definition) is 7. The van der Waals surface area contributed by atoms with Crippen LogP contribution in [0.4, 0.5) is 11.4 Å². The smallest absolute Gasteiger partial charge is 0.252 e. The van der Waals surface area contributed by atoms with E-state index in [4.69, 9.17) is 31.2 Å². The van der Waals surface area contributed by atoms with Gasteiger partial charge in [-0.25, -0.2) is 4.99 Å². The molecule has 0 radical (unpaired) electrons. The van der Waals surface area contributed by atoms with Crippen LogP contribution < -0.4 is 10.1 Å². The zero-order valence-electron chi connectivity index (χ0n) is 24.5. The number of ether oxygens (including phenoxy) is 2. The molecule has 13 heteroatoms. The summed E-state index contributed by atoms with van der Waals surface area (Å²) in [5.41, 5.74) is 19.8. The number of carbonyl (C=O) groups is 1. The number of aliphatic hydroxyl groups is 1. The summed E-state index contributed by atoms with van der Waals surface area (Å²) in [6.45, 7) is 0.476. The average Bonchev–Trinajstić information content (AvgIpc) is 3.46. The Labute approximate surface area is 269 Å². The van der Waals surface area contributed by atoms with Crippen molar-refractivity contribution < 1.29 is 19.4 Å². The van der Waals surface area contributed by atoms with Crippen molar-refractivity contribution in [1.82, 2.24) is 5.32 Å². The average molecular weight is 637 g/mol. The molecule has 0 aliphatic carbocycles. The second kappa shape index (κ2) is 15.0. The van der Waals surface area contributed by atoms with Crippen molar-refractivity contribution in [1.29, 1.82) is 0 Å². The van der Waals surface area contributed by atoms with Gasteiger partial charge in [0.25, 0.3) is 5.91 Å². The number of carbonyl (C=O) groups excluding carboxylic acids is 1. The monoisotopic (exact) mass is 636 g/mol. The Morgan fingerprint density at radius 1 is 0.935 bits per heavy atom. The molecule has 0 fully saturated rings. The van der Waals surface area contributed by atoms with E-state index in [0.717, 1.165) is 0 Å². The molecule has 1 heterocycles. The van der Waals surface area contributed by atoms with Crippen LogP contribution in [0.3, 0.4) is 0 Å². The number of rotatable bonds is 13. The third-order valence-corrected chi connectivity index (χ3v) is 7.77. The van der Waals surface area contributed by atoms with Crippen LogP contribution in [0.15, 0.2) is 112 Å². The fourth-order valence-electron chi connectivity index (χ4n) is 5.17. The summed E-state index contributed by atoms with van der Waals surface area (Å²) < 4.78 is 12.2. The van der Waals surface area contributed by atoms with E-state index in [2.05, 4.69) is 25.4 Å². The Kier molecular flexibility index (Phi) is 10.4. The molecule has 0 spiro atoms. The lowest BCUT2D eigenvalue weighted by molar-refractivity contribution is -0.129. The molecule has 0 aromatic heterocycles. The number of nitrogens with one attached hydrogen (secondary N) is 1. The van der Waals surface area contributed by atoms with E-state index in [1.807, 2.05) is 12.1 Å². The number of nitrogens with zero attached hydrogens (tertiary/aromatic N) is 7. The highest BCUT2D eigenvalue weighted by Gasteiger charge is 2.54. The van der Waals surface area contributed by atoms with E-state index in [9.17, 15) is 15.9 Å². The number of amides is 1. The maximum Gasteiger partial charge on any atom is 0.252 e. The third kappa shape index (κ3) is 7.07. The third-order valence-electron chi connectivity index (χ3n) is 7.40. The van der Waals surface area contributed by atoms with Crippen molar-refractivity contribution in [2.75, 3.05) is 13.2 Å². The summed E-state index contributed by atoms with van der Waals surface area (Å²) in [6, 6.07) is 27.9. The van der Waals surface area contributed by atoms with Gasteiger partial charge < -0.3 is 19.9 Å². The predicted octanol–water partition coefficient (Wildman–Crippen LogP) is 7.80. The molecule has 5 rings (SSSR count). The molecule has 2 N–H and O–H groups in total. The maximum atomic E-state index is 14.6. The summed E-state index contributed by atoms with van der Waals surface area (Å²) >= 11 is 6.40. The number of benzene rings is 4. The van der Waals surface area contributed by atoms with E-state index < -0.39 is 17.6 Å². The van der Waals surface area contributed by atoms with Crippen LogP contribution in [0.25, 0.3) is 20.9 Å². The van der Waals surface area contributed by atoms with Crippen LogP contribution in [0, 0.1) is 0 Å². The van der Waals surface area contributed by atoms with Crippen molar-refractivity contribution in [3.8, 4) is 5.75 Å². The van der Waals surface area contributed by atoms with Crippen LogP contribution in [-0.4, -0.2) is 35.7 Å². The number of hydrogen-bond donors (Lipinski definition) is 2. The second-order valence-electron chi connectivity index (χ2n) is 10.3. The van der Waals surface area contributed by atoms with Gasteiger partial charge in [0.1, 0.15) is 5.75 Å². The number of aliphatic imine (C=N–C) groups is 1. The first kappa shape index (κ1) is 31.9. The SMILES string of the molecule is [N-]=[N+]=Nc1ccccc1C[C@@]1(C(=O)NCc2ccccc2Cl)N=C(c2ccc(OCCCO)cc2)O[C@@H]1c1ccccc1N=[N+]=[N-]. The van der Waals surface area contributed by atoms with Gasteiger partial charge in [-0.15, -0.1) is 0 Å². The van der Waals surface area contributed by atoms with Crippen LogP contribution in [0.5, 0.6) is 5.75 Å². The number of azide groups is 2. The minimum Gasteiger partial charge on any atom is -0.494 e. The first-order valence-corrected chi connectivity index (χ1v) is 14.8. The largest absolute Gasteiger partial charge is 0.494 e. The van der Waals surface area contributed by atoms with Gasteiger partial charge in [0.2, 0.25) is 5.90 Å². The van der Waals surface area contributed by atoms with Gasteiger partial charge >= 0.3 is 0 Å². The fraction of sp³-hybridized carbons (Fsp3) is 0.212. The van der Waals surface area contributed by atoms with Crippen molar-refractivity contribution in [3.05, 3.63) is 145 Å². The van der Waals surface area contributed by atoms with Crippen LogP contribution in [0.1, 0.15) is 34.8 Å².